The zero-order chi connectivity index (χ0) is 12.1. The minimum absolute atomic E-state index is 0.365. The van der Waals surface area contributed by atoms with E-state index < -0.39 is 5.97 Å². The molecule has 0 aliphatic rings. The Kier molecular flexibility index (Phi) is 4.39. The highest BCUT2D eigenvalue weighted by molar-refractivity contribution is 5.69. The van der Waals surface area contributed by atoms with E-state index in [1.165, 1.54) is 0 Å². The van der Waals surface area contributed by atoms with Gasteiger partial charge in [0.05, 0.1) is 5.92 Å². The molecule has 0 aliphatic heterocycles. The van der Waals surface area contributed by atoms with E-state index in [4.69, 9.17) is 5.11 Å². The Morgan fingerprint density at radius 2 is 2.12 bits per heavy atom. The Morgan fingerprint density at radius 1 is 1.44 bits per heavy atom. The second-order valence-corrected chi connectivity index (χ2v) is 4.44. The summed E-state index contributed by atoms with van der Waals surface area (Å²) in [5.41, 5.74) is 0. The molecule has 0 radical (unpaired) electrons. The predicted molar refractivity (Wildman–Crippen MR) is 57.8 cm³/mol. The van der Waals surface area contributed by atoms with E-state index in [1.807, 2.05) is 0 Å². The van der Waals surface area contributed by atoms with E-state index in [9.17, 15) is 4.79 Å². The van der Waals surface area contributed by atoms with Gasteiger partial charge in [0.1, 0.15) is 0 Å². The average molecular weight is 226 g/mol. The molecule has 1 aromatic rings. The molecule has 90 valence electrons. The van der Waals surface area contributed by atoms with Crippen LogP contribution in [0.4, 0.5) is 0 Å². The van der Waals surface area contributed by atoms with Crippen molar-refractivity contribution in [1.29, 1.82) is 0 Å². The molecular formula is C10H18N4O2. The molecule has 0 aromatic carbocycles. The van der Waals surface area contributed by atoms with Gasteiger partial charge in [0.25, 0.3) is 0 Å². The van der Waals surface area contributed by atoms with Crippen molar-refractivity contribution >= 4 is 5.97 Å². The van der Waals surface area contributed by atoms with Crippen LogP contribution < -0.4 is 0 Å². The van der Waals surface area contributed by atoms with E-state index in [0.29, 0.717) is 18.9 Å². The van der Waals surface area contributed by atoms with Gasteiger partial charge in [0.15, 0.2) is 5.82 Å². The summed E-state index contributed by atoms with van der Waals surface area (Å²) in [6.45, 7) is 6.44. The molecule has 1 unspecified atom stereocenters. The Morgan fingerprint density at radius 3 is 2.69 bits per heavy atom. The van der Waals surface area contributed by atoms with Crippen LogP contribution in [0.5, 0.6) is 0 Å². The molecular weight excluding hydrogens is 208 g/mol. The highest BCUT2D eigenvalue weighted by Crippen LogP contribution is 2.07. The van der Waals surface area contributed by atoms with Crippen LogP contribution in [0.25, 0.3) is 0 Å². The number of carboxylic acids is 1. The maximum absolute atomic E-state index is 10.7. The van der Waals surface area contributed by atoms with Gasteiger partial charge in [-0.1, -0.05) is 20.8 Å². The lowest BCUT2D eigenvalue weighted by Crippen LogP contribution is -2.15. The maximum atomic E-state index is 10.7. The summed E-state index contributed by atoms with van der Waals surface area (Å²) in [6.07, 6.45) is 1.36. The van der Waals surface area contributed by atoms with Crippen LogP contribution >= 0.6 is 0 Å². The number of tetrazole rings is 1. The van der Waals surface area contributed by atoms with Gasteiger partial charge in [-0.2, -0.15) is 0 Å². The highest BCUT2D eigenvalue weighted by Gasteiger charge is 2.13. The molecule has 16 heavy (non-hydrogen) atoms. The molecule has 1 rings (SSSR count). The summed E-state index contributed by atoms with van der Waals surface area (Å²) in [7, 11) is 0. The second-order valence-electron chi connectivity index (χ2n) is 4.44. The van der Waals surface area contributed by atoms with Crippen molar-refractivity contribution < 1.29 is 9.90 Å². The van der Waals surface area contributed by atoms with E-state index in [1.54, 1.807) is 11.6 Å². The third kappa shape index (κ3) is 3.60. The Labute approximate surface area is 94.7 Å². The van der Waals surface area contributed by atoms with Crippen LogP contribution in [0.15, 0.2) is 0 Å². The quantitative estimate of drug-likeness (QED) is 0.782. The molecule has 1 atom stereocenters. The van der Waals surface area contributed by atoms with Gasteiger partial charge >= 0.3 is 5.97 Å². The number of rotatable bonds is 6. The molecule has 0 aliphatic carbocycles. The van der Waals surface area contributed by atoms with E-state index in [-0.39, 0.29) is 5.92 Å². The first-order valence-corrected chi connectivity index (χ1v) is 5.48. The highest BCUT2D eigenvalue weighted by atomic mass is 16.4. The van der Waals surface area contributed by atoms with Crippen molar-refractivity contribution in [3.05, 3.63) is 5.82 Å². The number of aliphatic carboxylic acids is 1. The average Bonchev–Trinajstić information content (AvgIpc) is 2.60. The van der Waals surface area contributed by atoms with Gasteiger partial charge in [-0.25, -0.2) is 4.68 Å². The fourth-order valence-corrected chi connectivity index (χ4v) is 1.35. The lowest BCUT2D eigenvalue weighted by atomic mass is 10.1. The number of carbonyl (C=O) groups is 1. The fourth-order valence-electron chi connectivity index (χ4n) is 1.35. The molecule has 0 spiro atoms. The van der Waals surface area contributed by atoms with Crippen LogP contribution in [0.3, 0.4) is 0 Å². The van der Waals surface area contributed by atoms with Crippen LogP contribution in [-0.4, -0.2) is 31.3 Å². The summed E-state index contributed by atoms with van der Waals surface area (Å²) in [6, 6.07) is 0. The molecule has 6 nitrogen and oxygen atoms in total. The topological polar surface area (TPSA) is 80.9 Å². The van der Waals surface area contributed by atoms with Gasteiger partial charge in [-0.05, 0) is 22.8 Å². The van der Waals surface area contributed by atoms with Gasteiger partial charge in [0, 0.05) is 13.0 Å². The summed E-state index contributed by atoms with van der Waals surface area (Å²) in [5.74, 6) is 0.170. The first-order chi connectivity index (χ1) is 7.50. The normalized spacial score (nSPS) is 13.0. The van der Waals surface area contributed by atoms with Gasteiger partial charge in [0.2, 0.25) is 0 Å². The third-order valence-electron chi connectivity index (χ3n) is 2.39. The van der Waals surface area contributed by atoms with Crippen molar-refractivity contribution in [2.24, 2.45) is 11.8 Å². The molecule has 6 heteroatoms. The largest absolute Gasteiger partial charge is 0.481 e. The lowest BCUT2D eigenvalue weighted by Gasteiger charge is -2.08. The first kappa shape index (κ1) is 12.6. The van der Waals surface area contributed by atoms with Crippen molar-refractivity contribution in [2.45, 2.75) is 40.2 Å². The van der Waals surface area contributed by atoms with Crippen molar-refractivity contribution in [1.82, 2.24) is 20.2 Å². The molecule has 0 amide bonds. The van der Waals surface area contributed by atoms with Gasteiger partial charge < -0.3 is 5.11 Å². The predicted octanol–water partition coefficient (Wildman–Crippen LogP) is 0.982. The standard InChI is InChI=1S/C10H18N4O2/c1-7(2)6-9-11-12-13-14(9)5-4-8(3)10(15)16/h7-8H,4-6H2,1-3H3,(H,15,16). The van der Waals surface area contributed by atoms with Crippen LogP contribution in [0.2, 0.25) is 0 Å². The zero-order valence-electron chi connectivity index (χ0n) is 9.92. The van der Waals surface area contributed by atoms with Crippen molar-refractivity contribution in [2.75, 3.05) is 0 Å². The number of aromatic nitrogens is 4. The van der Waals surface area contributed by atoms with Gasteiger partial charge in [-0.15, -0.1) is 5.10 Å². The molecule has 0 saturated carbocycles. The molecule has 0 saturated heterocycles. The number of aryl methyl sites for hydroxylation is 1. The summed E-state index contributed by atoms with van der Waals surface area (Å²) in [4.78, 5) is 10.7. The number of carboxylic acid groups (broad SMARTS) is 1. The molecule has 1 aromatic heterocycles. The lowest BCUT2D eigenvalue weighted by molar-refractivity contribution is -0.141. The Balaban J connectivity index is 2.53. The molecule has 0 fully saturated rings. The minimum atomic E-state index is -0.779. The van der Waals surface area contributed by atoms with E-state index in [2.05, 4.69) is 29.4 Å². The third-order valence-corrected chi connectivity index (χ3v) is 2.39. The minimum Gasteiger partial charge on any atom is -0.481 e. The molecule has 0 bridgehead atoms. The van der Waals surface area contributed by atoms with Crippen LogP contribution in [-0.2, 0) is 17.8 Å². The Hall–Kier alpha value is -1.46. The SMILES string of the molecule is CC(C)Cc1nnnn1CCC(C)C(=O)O. The van der Waals surface area contributed by atoms with E-state index >= 15 is 0 Å². The monoisotopic (exact) mass is 226 g/mol. The second kappa shape index (κ2) is 5.58. The summed E-state index contributed by atoms with van der Waals surface area (Å²) < 4.78 is 1.69. The van der Waals surface area contributed by atoms with Crippen LogP contribution in [0, 0.1) is 11.8 Å². The van der Waals surface area contributed by atoms with Crippen molar-refractivity contribution in [3.8, 4) is 0 Å². The fraction of sp³-hybridized carbons (Fsp3) is 0.800. The first-order valence-electron chi connectivity index (χ1n) is 5.48. The maximum Gasteiger partial charge on any atom is 0.306 e. The summed E-state index contributed by atoms with van der Waals surface area (Å²) >= 11 is 0. The smallest absolute Gasteiger partial charge is 0.306 e. The number of hydrogen-bond donors (Lipinski definition) is 1. The van der Waals surface area contributed by atoms with E-state index in [0.717, 1.165) is 12.2 Å². The molecule has 1 N–H and O–H groups in total. The van der Waals surface area contributed by atoms with Crippen LogP contribution in [0.1, 0.15) is 33.0 Å². The van der Waals surface area contributed by atoms with Gasteiger partial charge in [-0.3, -0.25) is 4.79 Å². The molecule has 1 heterocycles. The number of hydrogen-bond acceptors (Lipinski definition) is 4. The Bertz CT molecular complexity index is 348. The number of nitrogens with zero attached hydrogens (tertiary/aromatic N) is 4. The van der Waals surface area contributed by atoms with Crippen molar-refractivity contribution in [3.63, 3.8) is 0 Å². The summed E-state index contributed by atoms with van der Waals surface area (Å²) in [5, 5.41) is 20.2. The zero-order valence-corrected chi connectivity index (χ0v) is 9.92.